The minimum atomic E-state index is -0.488. The molecule has 0 fully saturated rings. The fourth-order valence-corrected chi connectivity index (χ4v) is 2.72. The van der Waals surface area contributed by atoms with Crippen LogP contribution in [0.1, 0.15) is 61.3 Å². The van der Waals surface area contributed by atoms with Crippen LogP contribution in [-0.2, 0) is 0 Å². The molecule has 0 aromatic heterocycles. The molecule has 0 aliphatic carbocycles. The molecule has 2 aromatic rings. The van der Waals surface area contributed by atoms with Gasteiger partial charge in [0.15, 0.2) is 23.0 Å². The lowest BCUT2D eigenvalue weighted by Crippen LogP contribution is -2.41. The summed E-state index contributed by atoms with van der Waals surface area (Å²) in [6.07, 6.45) is 1.65. The number of ether oxygens (including phenoxy) is 4. The Morgan fingerprint density at radius 1 is 0.781 bits per heavy atom. The molecule has 0 spiro atoms. The van der Waals surface area contributed by atoms with Crippen molar-refractivity contribution in [2.24, 2.45) is 0 Å². The van der Waals surface area contributed by atoms with Crippen molar-refractivity contribution in [3.05, 3.63) is 47.5 Å². The monoisotopic (exact) mass is 444 g/mol. The second-order valence-electron chi connectivity index (χ2n) is 7.30. The number of amides is 2. The Bertz CT molecular complexity index is 913. The smallest absolute Gasteiger partial charge is 0.269 e. The summed E-state index contributed by atoms with van der Waals surface area (Å²) in [7, 11) is 1.50. The van der Waals surface area contributed by atoms with E-state index in [4.69, 9.17) is 18.9 Å². The van der Waals surface area contributed by atoms with Crippen LogP contribution in [0.15, 0.2) is 36.4 Å². The molecule has 2 N–H and O–H groups in total. The molecule has 0 saturated heterocycles. The van der Waals surface area contributed by atoms with Gasteiger partial charge in [-0.15, -0.1) is 0 Å². The van der Waals surface area contributed by atoms with Crippen LogP contribution < -0.4 is 29.8 Å². The van der Waals surface area contributed by atoms with Crippen molar-refractivity contribution < 1.29 is 28.5 Å². The first-order valence-corrected chi connectivity index (χ1v) is 10.7. The number of carbonyl (C=O) groups is 2. The zero-order valence-corrected chi connectivity index (χ0v) is 19.3. The van der Waals surface area contributed by atoms with Crippen molar-refractivity contribution >= 4 is 11.8 Å². The summed E-state index contributed by atoms with van der Waals surface area (Å²) in [6.45, 7) is 8.86. The van der Waals surface area contributed by atoms with E-state index in [2.05, 4.69) is 10.9 Å². The summed E-state index contributed by atoms with van der Waals surface area (Å²) < 4.78 is 22.3. The van der Waals surface area contributed by atoms with Gasteiger partial charge in [0.1, 0.15) is 0 Å². The van der Waals surface area contributed by atoms with Gasteiger partial charge >= 0.3 is 0 Å². The van der Waals surface area contributed by atoms with E-state index in [1.165, 1.54) is 7.11 Å². The Kier molecular flexibility index (Phi) is 9.66. The Balaban J connectivity index is 2.07. The number of hydrogen-bond donors (Lipinski definition) is 2. The lowest BCUT2D eigenvalue weighted by atomic mass is 10.2. The van der Waals surface area contributed by atoms with E-state index in [-0.39, 0.29) is 6.10 Å². The molecule has 0 aliphatic rings. The van der Waals surface area contributed by atoms with Crippen molar-refractivity contribution in [2.45, 2.75) is 46.6 Å². The Hall–Kier alpha value is -3.42. The number of nitrogens with one attached hydrogen (secondary N) is 2. The van der Waals surface area contributed by atoms with E-state index in [1.54, 1.807) is 36.4 Å². The number of rotatable bonds is 11. The molecule has 2 rings (SSSR count). The quantitative estimate of drug-likeness (QED) is 0.506. The summed E-state index contributed by atoms with van der Waals surface area (Å²) in [4.78, 5) is 25.1. The summed E-state index contributed by atoms with van der Waals surface area (Å²) in [5.74, 6) is 1.07. The van der Waals surface area contributed by atoms with Crippen molar-refractivity contribution in [3.63, 3.8) is 0 Å². The number of methoxy groups -OCH3 is 1. The van der Waals surface area contributed by atoms with Crippen LogP contribution in [-0.4, -0.2) is 38.2 Å². The molecule has 2 aromatic carbocycles. The summed E-state index contributed by atoms with van der Waals surface area (Å²) in [5.41, 5.74) is 5.48. The minimum Gasteiger partial charge on any atom is -0.493 e. The Morgan fingerprint density at radius 3 is 1.78 bits per heavy atom. The largest absolute Gasteiger partial charge is 0.493 e. The predicted octanol–water partition coefficient (Wildman–Crippen LogP) is 4.13. The second-order valence-corrected chi connectivity index (χ2v) is 7.30. The van der Waals surface area contributed by atoms with E-state index in [0.717, 1.165) is 12.8 Å². The van der Waals surface area contributed by atoms with Gasteiger partial charge in [0, 0.05) is 11.1 Å². The van der Waals surface area contributed by atoms with E-state index < -0.39 is 11.8 Å². The van der Waals surface area contributed by atoms with Crippen LogP contribution >= 0.6 is 0 Å². The molecule has 0 saturated carbocycles. The van der Waals surface area contributed by atoms with Gasteiger partial charge < -0.3 is 18.9 Å². The first-order valence-electron chi connectivity index (χ1n) is 10.7. The highest BCUT2D eigenvalue weighted by Crippen LogP contribution is 2.30. The number of hydrogen-bond acceptors (Lipinski definition) is 6. The first-order chi connectivity index (χ1) is 15.4. The third-order valence-electron chi connectivity index (χ3n) is 4.21. The third kappa shape index (κ3) is 7.08. The Labute approximate surface area is 189 Å². The standard InChI is InChI=1S/C24H32N2O6/c1-6-12-30-19-10-8-18(15-22(19)31-13-7-2)24(28)26-25-23(27)17-9-11-20(32-16(3)4)21(14-17)29-5/h8-11,14-16H,6-7,12-13H2,1-5H3,(H,25,27)(H,26,28). The summed E-state index contributed by atoms with van der Waals surface area (Å²) in [6, 6.07) is 9.71. The van der Waals surface area contributed by atoms with Crippen molar-refractivity contribution in [1.29, 1.82) is 0 Å². The maximum absolute atomic E-state index is 12.6. The van der Waals surface area contributed by atoms with Crippen LogP contribution in [0.4, 0.5) is 0 Å². The van der Waals surface area contributed by atoms with E-state index >= 15 is 0 Å². The SMILES string of the molecule is CCCOc1ccc(C(=O)NNC(=O)c2ccc(OC(C)C)c(OC)c2)cc1OCCC. The fraction of sp³-hybridized carbons (Fsp3) is 0.417. The normalized spacial score (nSPS) is 10.4. The highest BCUT2D eigenvalue weighted by Gasteiger charge is 2.15. The molecule has 0 radical (unpaired) electrons. The molecule has 0 atom stereocenters. The van der Waals surface area contributed by atoms with Gasteiger partial charge in [-0.2, -0.15) is 0 Å². The molecular weight excluding hydrogens is 412 g/mol. The van der Waals surface area contributed by atoms with Crippen LogP contribution in [0.2, 0.25) is 0 Å². The van der Waals surface area contributed by atoms with Crippen molar-refractivity contribution in [2.75, 3.05) is 20.3 Å². The second kappa shape index (κ2) is 12.4. The lowest BCUT2D eigenvalue weighted by Gasteiger charge is -2.15. The summed E-state index contributed by atoms with van der Waals surface area (Å²) >= 11 is 0. The molecule has 0 aliphatic heterocycles. The maximum atomic E-state index is 12.6. The van der Waals surface area contributed by atoms with Gasteiger partial charge in [0.25, 0.3) is 11.8 Å². The molecule has 8 heteroatoms. The molecule has 0 bridgehead atoms. The maximum Gasteiger partial charge on any atom is 0.269 e. The number of hydrazine groups is 1. The van der Waals surface area contributed by atoms with E-state index in [9.17, 15) is 9.59 Å². The molecular formula is C24H32N2O6. The van der Waals surface area contributed by atoms with Crippen LogP contribution in [0, 0.1) is 0 Å². The van der Waals surface area contributed by atoms with Crippen LogP contribution in [0.3, 0.4) is 0 Å². The van der Waals surface area contributed by atoms with Crippen LogP contribution in [0.5, 0.6) is 23.0 Å². The highest BCUT2D eigenvalue weighted by molar-refractivity contribution is 5.99. The molecule has 0 heterocycles. The molecule has 174 valence electrons. The highest BCUT2D eigenvalue weighted by atomic mass is 16.5. The summed E-state index contributed by atoms with van der Waals surface area (Å²) in [5, 5.41) is 0. The molecule has 32 heavy (non-hydrogen) atoms. The van der Waals surface area contributed by atoms with E-state index in [1.807, 2.05) is 27.7 Å². The van der Waals surface area contributed by atoms with E-state index in [0.29, 0.717) is 47.3 Å². The van der Waals surface area contributed by atoms with Gasteiger partial charge in [0.05, 0.1) is 26.4 Å². The van der Waals surface area contributed by atoms with Crippen LogP contribution in [0.25, 0.3) is 0 Å². The lowest BCUT2D eigenvalue weighted by molar-refractivity contribution is 0.0846. The Morgan fingerprint density at radius 2 is 1.28 bits per heavy atom. The zero-order chi connectivity index (χ0) is 23.5. The number of carbonyl (C=O) groups excluding carboxylic acids is 2. The molecule has 0 unspecified atom stereocenters. The van der Waals surface area contributed by atoms with Gasteiger partial charge in [-0.1, -0.05) is 13.8 Å². The van der Waals surface area contributed by atoms with Crippen molar-refractivity contribution in [3.8, 4) is 23.0 Å². The fourth-order valence-electron chi connectivity index (χ4n) is 2.72. The van der Waals surface area contributed by atoms with Gasteiger partial charge in [0.2, 0.25) is 0 Å². The zero-order valence-electron chi connectivity index (χ0n) is 19.3. The third-order valence-corrected chi connectivity index (χ3v) is 4.21. The van der Waals surface area contributed by atoms with Gasteiger partial charge in [-0.25, -0.2) is 0 Å². The first kappa shape index (κ1) is 24.8. The van der Waals surface area contributed by atoms with Gasteiger partial charge in [-0.3, -0.25) is 20.4 Å². The minimum absolute atomic E-state index is 0.0344. The predicted molar refractivity (Wildman–Crippen MR) is 122 cm³/mol. The van der Waals surface area contributed by atoms with Gasteiger partial charge in [-0.05, 0) is 63.1 Å². The average Bonchev–Trinajstić information content (AvgIpc) is 2.79. The number of benzene rings is 2. The molecule has 2 amide bonds. The van der Waals surface area contributed by atoms with Crippen molar-refractivity contribution in [1.82, 2.24) is 10.9 Å². The topological polar surface area (TPSA) is 95.1 Å². The average molecular weight is 445 g/mol. The molecule has 8 nitrogen and oxygen atoms in total.